The van der Waals surface area contributed by atoms with Crippen molar-refractivity contribution in [2.24, 2.45) is 7.05 Å². The summed E-state index contributed by atoms with van der Waals surface area (Å²) in [5.41, 5.74) is 2.17. The van der Waals surface area contributed by atoms with E-state index in [1.54, 1.807) is 6.20 Å². The van der Waals surface area contributed by atoms with Gasteiger partial charge in [0.05, 0.1) is 5.39 Å². The minimum atomic E-state index is 0.951. The molecule has 11 heavy (non-hydrogen) atoms. The summed E-state index contributed by atoms with van der Waals surface area (Å²) in [5, 5.41) is 4.32. The van der Waals surface area contributed by atoms with Gasteiger partial charge in [0, 0.05) is 13.1 Å². The van der Waals surface area contributed by atoms with E-state index in [0.717, 1.165) is 5.65 Å². The van der Waals surface area contributed by atoms with Gasteiger partial charge in [-0.25, -0.2) is 4.98 Å². The quantitative estimate of drug-likeness (QED) is 0.548. The first-order chi connectivity index (χ1) is 5.29. The first-order valence-corrected chi connectivity index (χ1v) is 3.58. The zero-order valence-electron chi connectivity index (χ0n) is 6.63. The average molecular weight is 148 g/mol. The molecule has 0 saturated heterocycles. The van der Waals surface area contributed by atoms with Crippen LogP contribution >= 0.6 is 0 Å². The zero-order chi connectivity index (χ0) is 7.84. The van der Waals surface area contributed by atoms with Crippen molar-refractivity contribution in [3.63, 3.8) is 0 Å². The van der Waals surface area contributed by atoms with Crippen molar-refractivity contribution in [1.29, 1.82) is 0 Å². The van der Waals surface area contributed by atoms with Gasteiger partial charge in [0.1, 0.15) is 0 Å². The molecule has 0 aliphatic carbocycles. The maximum atomic E-state index is 4.19. The minimum Gasteiger partial charge on any atom is -0.234 e. The van der Waals surface area contributed by atoms with Crippen LogP contribution in [0.5, 0.6) is 0 Å². The molecule has 0 fully saturated rings. The highest BCUT2D eigenvalue weighted by atomic mass is 15.3. The Morgan fingerprint density at radius 1 is 1.55 bits per heavy atom. The summed E-state index contributed by atoms with van der Waals surface area (Å²) < 4.78 is 1.97. The fourth-order valence-electron chi connectivity index (χ4n) is 1.21. The van der Waals surface area contributed by atoms with Gasteiger partial charge in [-0.15, -0.1) is 9.78 Å². The van der Waals surface area contributed by atoms with E-state index in [2.05, 4.69) is 23.1 Å². The van der Waals surface area contributed by atoms with Crippen LogP contribution in [0, 0.1) is 6.92 Å². The summed E-state index contributed by atoms with van der Waals surface area (Å²) >= 11 is 0. The van der Waals surface area contributed by atoms with Crippen LogP contribution in [0.4, 0.5) is 0 Å². The second kappa shape index (κ2) is 2.05. The smallest absolute Gasteiger partial charge is 0.213 e. The lowest BCUT2D eigenvalue weighted by Gasteiger charge is -1.80. The number of rotatable bonds is 0. The third kappa shape index (κ3) is 0.808. The second-order valence-corrected chi connectivity index (χ2v) is 2.66. The van der Waals surface area contributed by atoms with E-state index in [4.69, 9.17) is 0 Å². The molecular weight excluding hydrogens is 138 g/mol. The molecule has 0 aromatic carbocycles. The van der Waals surface area contributed by atoms with E-state index in [9.17, 15) is 0 Å². The van der Waals surface area contributed by atoms with Crippen molar-refractivity contribution in [3.8, 4) is 0 Å². The van der Waals surface area contributed by atoms with Gasteiger partial charge in [-0.3, -0.25) is 0 Å². The van der Waals surface area contributed by atoms with Gasteiger partial charge in [0.15, 0.2) is 12.7 Å². The summed E-state index contributed by atoms with van der Waals surface area (Å²) in [5.74, 6) is 0. The van der Waals surface area contributed by atoms with Crippen molar-refractivity contribution >= 4 is 11.0 Å². The molecule has 2 heterocycles. The van der Waals surface area contributed by atoms with E-state index in [1.165, 1.54) is 11.1 Å². The molecule has 56 valence electrons. The number of aromatic amines is 1. The number of H-pyrrole nitrogens is 1. The number of hydrogen-bond donors (Lipinski definition) is 1. The van der Waals surface area contributed by atoms with E-state index >= 15 is 0 Å². The molecule has 2 rings (SSSR count). The van der Waals surface area contributed by atoms with Crippen LogP contribution in [-0.2, 0) is 7.05 Å². The summed E-state index contributed by atoms with van der Waals surface area (Å²) in [4.78, 5) is 4.19. The second-order valence-electron chi connectivity index (χ2n) is 2.66. The largest absolute Gasteiger partial charge is 0.234 e. The molecule has 1 N–H and O–H groups in total. The molecule has 0 amide bonds. The Morgan fingerprint density at radius 3 is 3.09 bits per heavy atom. The molecule has 2 aromatic rings. The first-order valence-electron chi connectivity index (χ1n) is 3.58. The minimum absolute atomic E-state index is 0.951. The third-order valence-electron chi connectivity index (χ3n) is 1.97. The Balaban J connectivity index is 2.92. The number of aromatic nitrogens is 3. The lowest BCUT2D eigenvalue weighted by Crippen LogP contribution is -2.32. The molecule has 3 nitrogen and oxygen atoms in total. The molecule has 2 aromatic heterocycles. The van der Waals surface area contributed by atoms with Gasteiger partial charge in [-0.2, -0.15) is 0 Å². The Bertz CT molecular complexity index is 389. The summed E-state index contributed by atoms with van der Waals surface area (Å²) in [7, 11) is 1.98. The van der Waals surface area contributed by atoms with Crippen molar-refractivity contribution in [3.05, 3.63) is 24.0 Å². The topological polar surface area (TPSA) is 32.6 Å². The van der Waals surface area contributed by atoms with Gasteiger partial charge < -0.3 is 0 Å². The fraction of sp³-hybridized carbons (Fsp3) is 0.250. The van der Waals surface area contributed by atoms with Crippen LogP contribution < -0.4 is 4.68 Å². The maximum Gasteiger partial charge on any atom is 0.213 e. The standard InChI is InChI=1S/C8H9N3/c1-6-7-4-3-5-9-8(7)10-11(6)2/h3-5H,1-2H3/p+1. The van der Waals surface area contributed by atoms with Gasteiger partial charge >= 0.3 is 0 Å². The Morgan fingerprint density at radius 2 is 2.36 bits per heavy atom. The van der Waals surface area contributed by atoms with E-state index < -0.39 is 0 Å². The Hall–Kier alpha value is -1.38. The highest BCUT2D eigenvalue weighted by Crippen LogP contribution is 2.08. The average Bonchev–Trinajstić information content (AvgIpc) is 2.30. The van der Waals surface area contributed by atoms with Crippen molar-refractivity contribution in [2.75, 3.05) is 0 Å². The molecule has 3 heteroatoms. The lowest BCUT2D eigenvalue weighted by molar-refractivity contribution is -0.730. The van der Waals surface area contributed by atoms with Crippen LogP contribution in [0.1, 0.15) is 5.69 Å². The summed E-state index contributed by atoms with van der Waals surface area (Å²) in [6.45, 7) is 2.07. The number of pyridine rings is 1. The Kier molecular flexibility index (Phi) is 1.18. The number of nitrogens with zero attached hydrogens (tertiary/aromatic N) is 2. The fourth-order valence-corrected chi connectivity index (χ4v) is 1.21. The van der Waals surface area contributed by atoms with Gasteiger partial charge in [-0.05, 0) is 12.1 Å². The third-order valence-corrected chi connectivity index (χ3v) is 1.97. The van der Waals surface area contributed by atoms with Crippen LogP contribution in [0.2, 0.25) is 0 Å². The maximum absolute atomic E-state index is 4.19. The Labute approximate surface area is 64.7 Å². The van der Waals surface area contributed by atoms with Crippen LogP contribution in [0.15, 0.2) is 18.3 Å². The van der Waals surface area contributed by atoms with Gasteiger partial charge in [0.2, 0.25) is 5.69 Å². The van der Waals surface area contributed by atoms with Crippen molar-refractivity contribution in [2.45, 2.75) is 6.92 Å². The van der Waals surface area contributed by atoms with Crippen molar-refractivity contribution < 1.29 is 4.68 Å². The van der Waals surface area contributed by atoms with Gasteiger partial charge in [-0.1, -0.05) is 0 Å². The monoisotopic (exact) mass is 148 g/mol. The van der Waals surface area contributed by atoms with Gasteiger partial charge in [0.25, 0.3) is 0 Å². The predicted molar refractivity (Wildman–Crippen MR) is 42.0 cm³/mol. The lowest BCUT2D eigenvalue weighted by atomic mass is 10.3. The molecule has 0 saturated carbocycles. The molecule has 0 atom stereocenters. The predicted octanol–water partition coefficient (Wildman–Crippen LogP) is 0.696. The SMILES string of the molecule is Cc1c2cccnc2[nH][n+]1C. The molecule has 0 aliphatic heterocycles. The van der Waals surface area contributed by atoms with Crippen LogP contribution in [0.25, 0.3) is 11.0 Å². The summed E-state index contributed by atoms with van der Waals surface area (Å²) in [6, 6.07) is 4.01. The molecular formula is C8H10N3+. The van der Waals surface area contributed by atoms with E-state index in [0.29, 0.717) is 0 Å². The molecule has 0 spiro atoms. The number of hydrogen-bond acceptors (Lipinski definition) is 1. The van der Waals surface area contributed by atoms with E-state index in [-0.39, 0.29) is 0 Å². The first kappa shape index (κ1) is 6.34. The highest BCUT2D eigenvalue weighted by Gasteiger charge is 2.09. The summed E-state index contributed by atoms with van der Waals surface area (Å²) in [6.07, 6.45) is 1.79. The van der Waals surface area contributed by atoms with E-state index in [1.807, 2.05) is 17.8 Å². The molecule has 0 radical (unpaired) electrons. The normalized spacial score (nSPS) is 10.7. The van der Waals surface area contributed by atoms with Crippen LogP contribution in [0.3, 0.4) is 0 Å². The zero-order valence-corrected chi connectivity index (χ0v) is 6.63. The number of fused-ring (bicyclic) bond motifs is 1. The number of aryl methyl sites for hydroxylation is 2. The van der Waals surface area contributed by atoms with Crippen LogP contribution in [-0.4, -0.2) is 10.1 Å². The van der Waals surface area contributed by atoms with Crippen molar-refractivity contribution in [1.82, 2.24) is 10.1 Å². The molecule has 0 aliphatic rings. The number of nitrogens with one attached hydrogen (secondary N) is 1. The molecule has 0 bridgehead atoms. The molecule has 0 unspecified atom stereocenters. The highest BCUT2D eigenvalue weighted by molar-refractivity contribution is 5.75.